The van der Waals surface area contributed by atoms with Crippen molar-refractivity contribution in [3.63, 3.8) is 0 Å². The molecule has 0 aliphatic carbocycles. The molecular weight excluding hydrogens is 514 g/mol. The predicted octanol–water partition coefficient (Wildman–Crippen LogP) is 5.71. The van der Waals surface area contributed by atoms with Crippen molar-refractivity contribution in [3.8, 4) is 11.1 Å². The van der Waals surface area contributed by atoms with Crippen LogP contribution in [0.1, 0.15) is 31.8 Å². The Hall–Kier alpha value is -4.63. The number of halogens is 3. The van der Waals surface area contributed by atoms with Gasteiger partial charge in [-0.2, -0.15) is 0 Å². The van der Waals surface area contributed by atoms with Gasteiger partial charge in [0, 0.05) is 11.6 Å². The van der Waals surface area contributed by atoms with Crippen molar-refractivity contribution >= 4 is 34.5 Å². The first-order valence-corrected chi connectivity index (χ1v) is 11.8. The molecule has 5 aromatic rings. The van der Waals surface area contributed by atoms with Crippen LogP contribution in [0.2, 0.25) is 5.02 Å². The van der Waals surface area contributed by atoms with Crippen LogP contribution < -0.4 is 5.32 Å². The van der Waals surface area contributed by atoms with Crippen LogP contribution in [0.25, 0.3) is 22.2 Å². The average Bonchev–Trinajstić information content (AvgIpc) is 3.31. The van der Waals surface area contributed by atoms with Gasteiger partial charge < -0.3 is 10.4 Å². The summed E-state index contributed by atoms with van der Waals surface area (Å²) in [5.74, 6) is -3.48. The van der Waals surface area contributed by atoms with Gasteiger partial charge in [-0.3, -0.25) is 4.79 Å². The van der Waals surface area contributed by atoms with E-state index in [0.29, 0.717) is 39.3 Å². The maximum absolute atomic E-state index is 14.0. The van der Waals surface area contributed by atoms with Gasteiger partial charge in [0.05, 0.1) is 17.7 Å². The van der Waals surface area contributed by atoms with Gasteiger partial charge in [0.1, 0.15) is 11.0 Å². The average molecular weight is 533 g/mol. The van der Waals surface area contributed by atoms with Crippen LogP contribution in [0.4, 0.5) is 8.78 Å². The molecule has 1 aromatic heterocycles. The molecule has 7 nitrogen and oxygen atoms in total. The number of carboxylic acid groups (broad SMARTS) is 1. The third kappa shape index (κ3) is 5.23. The fourth-order valence-electron chi connectivity index (χ4n) is 4.09. The lowest BCUT2D eigenvalue weighted by Gasteiger charge is -2.12. The number of nitrogens with one attached hydrogen (secondary N) is 1. The molecule has 38 heavy (non-hydrogen) atoms. The normalized spacial score (nSPS) is 11.0. The first kappa shape index (κ1) is 25.0. The summed E-state index contributed by atoms with van der Waals surface area (Å²) >= 11 is 6.12. The van der Waals surface area contributed by atoms with Crippen LogP contribution in [0, 0.1) is 11.6 Å². The molecule has 2 N–H and O–H groups in total. The summed E-state index contributed by atoms with van der Waals surface area (Å²) < 4.78 is 29.1. The Labute approximate surface area is 220 Å². The summed E-state index contributed by atoms with van der Waals surface area (Å²) in [7, 11) is 0. The van der Waals surface area contributed by atoms with E-state index < -0.39 is 23.5 Å². The number of benzene rings is 4. The largest absolute Gasteiger partial charge is 0.478 e. The SMILES string of the molecule is O=C(O)c1ccc(CNC(=O)c2cc(-c3ccc(F)c(F)c3)cc3nnn(Cc4cccc(Cl)c4)c23)cc1. The molecule has 1 amide bonds. The molecule has 4 aromatic carbocycles. The van der Waals surface area contributed by atoms with Crippen LogP contribution in [0.5, 0.6) is 0 Å². The zero-order chi connectivity index (χ0) is 26.8. The number of nitrogens with zero attached hydrogens (tertiary/aromatic N) is 3. The number of hydrogen-bond acceptors (Lipinski definition) is 4. The molecule has 0 saturated carbocycles. The highest BCUT2D eigenvalue weighted by molar-refractivity contribution is 6.30. The third-order valence-electron chi connectivity index (χ3n) is 5.98. The number of carbonyl (C=O) groups is 2. The molecule has 5 rings (SSSR count). The fourth-order valence-corrected chi connectivity index (χ4v) is 4.30. The molecule has 0 saturated heterocycles. The summed E-state index contributed by atoms with van der Waals surface area (Å²) in [5, 5.41) is 20.9. The summed E-state index contributed by atoms with van der Waals surface area (Å²) in [6.45, 7) is 0.421. The monoisotopic (exact) mass is 532 g/mol. The number of carbonyl (C=O) groups excluding carboxylic acids is 1. The van der Waals surface area contributed by atoms with E-state index >= 15 is 0 Å². The van der Waals surface area contributed by atoms with Crippen LogP contribution in [0.3, 0.4) is 0 Å². The second kappa shape index (κ2) is 10.4. The minimum absolute atomic E-state index is 0.130. The van der Waals surface area contributed by atoms with Crippen LogP contribution in [-0.4, -0.2) is 32.0 Å². The molecular formula is C28H19ClF2N4O3. The van der Waals surface area contributed by atoms with Gasteiger partial charge in [0.25, 0.3) is 5.91 Å². The van der Waals surface area contributed by atoms with Gasteiger partial charge in [0.2, 0.25) is 0 Å². The molecule has 0 aliphatic heterocycles. The summed E-state index contributed by atoms with van der Waals surface area (Å²) in [5.41, 5.74) is 3.59. The topological polar surface area (TPSA) is 97.1 Å². The van der Waals surface area contributed by atoms with E-state index in [-0.39, 0.29) is 17.7 Å². The summed E-state index contributed by atoms with van der Waals surface area (Å²) in [6, 6.07) is 20.1. The zero-order valence-electron chi connectivity index (χ0n) is 19.7. The smallest absolute Gasteiger partial charge is 0.335 e. The quantitative estimate of drug-likeness (QED) is 0.280. The highest BCUT2D eigenvalue weighted by Gasteiger charge is 2.19. The van der Waals surface area contributed by atoms with Crippen molar-refractivity contribution in [2.24, 2.45) is 0 Å². The number of aromatic nitrogens is 3. The van der Waals surface area contributed by atoms with E-state index in [1.807, 2.05) is 6.07 Å². The zero-order valence-corrected chi connectivity index (χ0v) is 20.4. The lowest BCUT2D eigenvalue weighted by Crippen LogP contribution is -2.24. The Bertz CT molecular complexity index is 1690. The van der Waals surface area contributed by atoms with Gasteiger partial charge in [0.15, 0.2) is 11.6 Å². The second-order valence-corrected chi connectivity index (χ2v) is 9.02. The maximum Gasteiger partial charge on any atom is 0.335 e. The Morgan fingerprint density at radius 3 is 2.39 bits per heavy atom. The fraction of sp³-hybridized carbons (Fsp3) is 0.0714. The van der Waals surface area contributed by atoms with Crippen molar-refractivity contribution in [3.05, 3.63) is 118 Å². The van der Waals surface area contributed by atoms with Crippen molar-refractivity contribution in [1.82, 2.24) is 20.3 Å². The number of carboxylic acids is 1. The minimum Gasteiger partial charge on any atom is -0.478 e. The van der Waals surface area contributed by atoms with E-state index in [2.05, 4.69) is 15.6 Å². The molecule has 190 valence electrons. The van der Waals surface area contributed by atoms with E-state index in [1.165, 1.54) is 18.2 Å². The Kier molecular flexibility index (Phi) is 6.85. The number of rotatable bonds is 7. The van der Waals surface area contributed by atoms with Crippen molar-refractivity contribution in [2.75, 3.05) is 0 Å². The Balaban J connectivity index is 1.53. The molecule has 0 aliphatic rings. The molecule has 0 unspecified atom stereocenters. The minimum atomic E-state index is -1.04. The number of fused-ring (bicyclic) bond motifs is 1. The Morgan fingerprint density at radius 1 is 0.895 bits per heavy atom. The summed E-state index contributed by atoms with van der Waals surface area (Å²) in [4.78, 5) is 24.5. The van der Waals surface area contributed by atoms with Crippen molar-refractivity contribution < 1.29 is 23.5 Å². The lowest BCUT2D eigenvalue weighted by atomic mass is 10.0. The number of hydrogen-bond donors (Lipinski definition) is 2. The first-order chi connectivity index (χ1) is 18.3. The van der Waals surface area contributed by atoms with Crippen molar-refractivity contribution in [1.29, 1.82) is 0 Å². The van der Waals surface area contributed by atoms with Gasteiger partial charge in [-0.05, 0) is 70.8 Å². The second-order valence-electron chi connectivity index (χ2n) is 8.58. The van der Waals surface area contributed by atoms with E-state index in [0.717, 1.165) is 17.7 Å². The number of amides is 1. The van der Waals surface area contributed by atoms with Crippen LogP contribution in [-0.2, 0) is 13.1 Å². The van der Waals surface area contributed by atoms with Crippen LogP contribution in [0.15, 0.2) is 78.9 Å². The first-order valence-electron chi connectivity index (χ1n) is 11.5. The van der Waals surface area contributed by atoms with Crippen LogP contribution >= 0.6 is 11.6 Å². The van der Waals surface area contributed by atoms with E-state index in [1.54, 1.807) is 47.1 Å². The molecule has 1 heterocycles. The molecule has 0 radical (unpaired) electrons. The Morgan fingerprint density at radius 2 is 1.68 bits per heavy atom. The third-order valence-corrected chi connectivity index (χ3v) is 6.22. The van der Waals surface area contributed by atoms with Gasteiger partial charge in [-0.15, -0.1) is 5.10 Å². The predicted molar refractivity (Wildman–Crippen MR) is 138 cm³/mol. The van der Waals surface area contributed by atoms with Crippen molar-refractivity contribution in [2.45, 2.75) is 13.1 Å². The maximum atomic E-state index is 14.0. The van der Waals surface area contributed by atoms with Gasteiger partial charge in [-0.25, -0.2) is 18.3 Å². The molecule has 0 fully saturated rings. The lowest BCUT2D eigenvalue weighted by molar-refractivity contribution is 0.0696. The molecule has 0 spiro atoms. The number of aromatic carboxylic acids is 1. The molecule has 10 heteroatoms. The summed E-state index contributed by atoms with van der Waals surface area (Å²) in [6.07, 6.45) is 0. The van der Waals surface area contributed by atoms with Gasteiger partial charge in [-0.1, -0.05) is 47.1 Å². The standard InChI is InChI=1S/C28H19ClF2N4O3/c29-21-3-1-2-17(10-21)15-35-26-22(27(36)32-14-16-4-6-18(7-5-16)28(37)38)11-20(13-25(26)33-34-35)19-8-9-23(30)24(31)12-19/h1-13H,14-15H2,(H,32,36)(H,37,38). The molecule has 0 atom stereocenters. The molecule has 0 bridgehead atoms. The van der Waals surface area contributed by atoms with Gasteiger partial charge >= 0.3 is 5.97 Å². The van der Waals surface area contributed by atoms with E-state index in [9.17, 15) is 18.4 Å². The highest BCUT2D eigenvalue weighted by atomic mass is 35.5. The van der Waals surface area contributed by atoms with E-state index in [4.69, 9.17) is 16.7 Å². The highest BCUT2D eigenvalue weighted by Crippen LogP contribution is 2.29.